The zero-order chi connectivity index (χ0) is 13.0. The van der Waals surface area contributed by atoms with E-state index in [4.69, 9.17) is 0 Å². The molecule has 0 bridgehead atoms. The summed E-state index contributed by atoms with van der Waals surface area (Å²) in [6.07, 6.45) is 0.812. The van der Waals surface area contributed by atoms with E-state index in [1.165, 1.54) is 7.11 Å². The van der Waals surface area contributed by atoms with Crippen molar-refractivity contribution in [1.82, 2.24) is 0 Å². The van der Waals surface area contributed by atoms with E-state index >= 15 is 0 Å². The zero-order valence-corrected chi connectivity index (χ0v) is 9.92. The number of carbonyl (C=O) groups is 2. The number of aldehydes is 1. The monoisotopic (exact) mass is 240 g/mol. The predicted molar refractivity (Wildman–Crippen MR) is 68.6 cm³/mol. The van der Waals surface area contributed by atoms with Gasteiger partial charge in [-0.05, 0) is 29.3 Å². The molecule has 2 rings (SSSR count). The maximum absolute atomic E-state index is 11.3. The smallest absolute Gasteiger partial charge is 0.337 e. The van der Waals surface area contributed by atoms with Crippen molar-refractivity contribution in [1.29, 1.82) is 0 Å². The minimum atomic E-state index is -0.358. The first-order valence-electron chi connectivity index (χ1n) is 5.48. The number of esters is 1. The SMILES string of the molecule is COC(=O)c1ccc(-c2cccc(C=O)c2)cc1. The molecule has 0 saturated carbocycles. The highest BCUT2D eigenvalue weighted by molar-refractivity contribution is 5.90. The Balaban J connectivity index is 2.33. The first kappa shape index (κ1) is 12.0. The van der Waals surface area contributed by atoms with E-state index in [0.29, 0.717) is 11.1 Å². The molecule has 0 spiro atoms. The van der Waals surface area contributed by atoms with Crippen LogP contribution in [0.4, 0.5) is 0 Å². The van der Waals surface area contributed by atoms with Gasteiger partial charge in [0.25, 0.3) is 0 Å². The molecule has 0 aliphatic heterocycles. The first-order valence-corrected chi connectivity index (χ1v) is 5.48. The Morgan fingerprint density at radius 1 is 1.06 bits per heavy atom. The van der Waals surface area contributed by atoms with Gasteiger partial charge in [0, 0.05) is 5.56 Å². The maximum atomic E-state index is 11.3. The molecule has 2 aromatic rings. The third kappa shape index (κ3) is 2.46. The van der Waals surface area contributed by atoms with E-state index in [1.807, 2.05) is 24.3 Å². The van der Waals surface area contributed by atoms with Crippen LogP contribution in [0.2, 0.25) is 0 Å². The number of hydrogen-bond acceptors (Lipinski definition) is 3. The third-order valence-corrected chi connectivity index (χ3v) is 2.66. The fraction of sp³-hybridized carbons (Fsp3) is 0.0667. The fourth-order valence-electron chi connectivity index (χ4n) is 1.71. The molecule has 0 aliphatic carbocycles. The molecule has 0 heterocycles. The second-order valence-corrected chi connectivity index (χ2v) is 3.81. The summed E-state index contributed by atoms with van der Waals surface area (Å²) in [4.78, 5) is 22.0. The average molecular weight is 240 g/mol. The van der Waals surface area contributed by atoms with Crippen LogP contribution in [0.3, 0.4) is 0 Å². The minimum Gasteiger partial charge on any atom is -0.465 e. The molecule has 0 atom stereocenters. The van der Waals surface area contributed by atoms with Crippen LogP contribution in [0.25, 0.3) is 11.1 Å². The average Bonchev–Trinajstić information content (AvgIpc) is 2.46. The van der Waals surface area contributed by atoms with Crippen molar-refractivity contribution in [3.05, 3.63) is 59.7 Å². The molecule has 90 valence electrons. The Morgan fingerprint density at radius 2 is 1.78 bits per heavy atom. The Morgan fingerprint density at radius 3 is 2.39 bits per heavy atom. The van der Waals surface area contributed by atoms with Crippen LogP contribution in [-0.2, 0) is 4.74 Å². The van der Waals surface area contributed by atoms with Gasteiger partial charge in [-0.25, -0.2) is 4.79 Å². The lowest BCUT2D eigenvalue weighted by atomic mass is 10.0. The minimum absolute atomic E-state index is 0.358. The van der Waals surface area contributed by atoms with Crippen LogP contribution >= 0.6 is 0 Å². The quantitative estimate of drug-likeness (QED) is 0.612. The molecular weight excluding hydrogens is 228 g/mol. The van der Waals surface area contributed by atoms with Crippen molar-refractivity contribution < 1.29 is 14.3 Å². The van der Waals surface area contributed by atoms with Gasteiger partial charge in [-0.2, -0.15) is 0 Å². The zero-order valence-electron chi connectivity index (χ0n) is 9.92. The van der Waals surface area contributed by atoms with Gasteiger partial charge in [0.05, 0.1) is 12.7 Å². The van der Waals surface area contributed by atoms with Gasteiger partial charge in [0.1, 0.15) is 6.29 Å². The molecule has 18 heavy (non-hydrogen) atoms. The molecule has 0 unspecified atom stereocenters. The summed E-state index contributed by atoms with van der Waals surface area (Å²) in [5.41, 5.74) is 3.03. The van der Waals surface area contributed by atoms with Gasteiger partial charge < -0.3 is 4.74 Å². The summed E-state index contributed by atoms with van der Waals surface area (Å²) in [5.74, 6) is -0.358. The highest BCUT2D eigenvalue weighted by Gasteiger charge is 2.05. The van der Waals surface area contributed by atoms with Crippen molar-refractivity contribution >= 4 is 12.3 Å². The van der Waals surface area contributed by atoms with E-state index in [2.05, 4.69) is 4.74 Å². The standard InChI is InChI=1S/C15H12O3/c1-18-15(17)13-7-5-12(6-8-13)14-4-2-3-11(9-14)10-16/h2-10H,1H3. The van der Waals surface area contributed by atoms with Crippen LogP contribution < -0.4 is 0 Å². The third-order valence-electron chi connectivity index (χ3n) is 2.66. The number of methoxy groups -OCH3 is 1. The Labute approximate surface area is 105 Å². The molecule has 0 fully saturated rings. The van der Waals surface area contributed by atoms with E-state index in [1.54, 1.807) is 24.3 Å². The summed E-state index contributed by atoms with van der Waals surface area (Å²) in [5, 5.41) is 0. The summed E-state index contributed by atoms with van der Waals surface area (Å²) in [7, 11) is 1.35. The van der Waals surface area contributed by atoms with E-state index < -0.39 is 0 Å². The van der Waals surface area contributed by atoms with Crippen molar-refractivity contribution in [2.24, 2.45) is 0 Å². The van der Waals surface area contributed by atoms with Crippen molar-refractivity contribution in [2.75, 3.05) is 7.11 Å². The Kier molecular flexibility index (Phi) is 3.53. The number of carbonyl (C=O) groups excluding carboxylic acids is 2. The van der Waals surface area contributed by atoms with E-state index in [0.717, 1.165) is 17.4 Å². The second kappa shape index (κ2) is 5.27. The Bertz CT molecular complexity index is 571. The molecule has 0 amide bonds. The number of rotatable bonds is 3. The number of hydrogen-bond donors (Lipinski definition) is 0. The van der Waals surface area contributed by atoms with Gasteiger partial charge in [0.15, 0.2) is 0 Å². The molecule has 0 aromatic heterocycles. The summed E-state index contributed by atoms with van der Waals surface area (Å²) in [6, 6.07) is 14.4. The van der Waals surface area contributed by atoms with Gasteiger partial charge in [0.2, 0.25) is 0 Å². The molecule has 3 nitrogen and oxygen atoms in total. The molecule has 2 aromatic carbocycles. The van der Waals surface area contributed by atoms with Gasteiger partial charge >= 0.3 is 5.97 Å². The van der Waals surface area contributed by atoms with Crippen LogP contribution in [0, 0.1) is 0 Å². The van der Waals surface area contributed by atoms with Crippen molar-refractivity contribution in [2.45, 2.75) is 0 Å². The van der Waals surface area contributed by atoms with Crippen molar-refractivity contribution in [3.63, 3.8) is 0 Å². The van der Waals surface area contributed by atoms with Crippen LogP contribution in [0.5, 0.6) is 0 Å². The molecule has 3 heteroatoms. The lowest BCUT2D eigenvalue weighted by molar-refractivity contribution is 0.0600. The normalized spacial score (nSPS) is 9.83. The summed E-state index contributed by atoms with van der Waals surface area (Å²) in [6.45, 7) is 0. The highest BCUT2D eigenvalue weighted by Crippen LogP contribution is 2.20. The number of ether oxygens (including phenoxy) is 1. The maximum Gasteiger partial charge on any atom is 0.337 e. The topological polar surface area (TPSA) is 43.4 Å². The molecular formula is C15H12O3. The van der Waals surface area contributed by atoms with E-state index in [9.17, 15) is 9.59 Å². The molecule has 0 saturated heterocycles. The summed E-state index contributed by atoms with van der Waals surface area (Å²) >= 11 is 0. The lowest BCUT2D eigenvalue weighted by Crippen LogP contribution is -2.00. The fourth-order valence-corrected chi connectivity index (χ4v) is 1.71. The van der Waals surface area contributed by atoms with Gasteiger partial charge in [-0.15, -0.1) is 0 Å². The Hall–Kier alpha value is -2.42. The molecule has 0 radical (unpaired) electrons. The van der Waals surface area contributed by atoms with E-state index in [-0.39, 0.29) is 5.97 Å². The number of benzene rings is 2. The highest BCUT2D eigenvalue weighted by atomic mass is 16.5. The van der Waals surface area contributed by atoms with Crippen LogP contribution in [0.15, 0.2) is 48.5 Å². The first-order chi connectivity index (χ1) is 8.74. The molecule has 0 N–H and O–H groups in total. The van der Waals surface area contributed by atoms with Crippen molar-refractivity contribution in [3.8, 4) is 11.1 Å². The summed E-state index contributed by atoms with van der Waals surface area (Å²) < 4.78 is 4.63. The predicted octanol–water partition coefficient (Wildman–Crippen LogP) is 2.95. The lowest BCUT2D eigenvalue weighted by Gasteiger charge is -2.04. The van der Waals surface area contributed by atoms with Crippen LogP contribution in [-0.4, -0.2) is 19.4 Å². The van der Waals surface area contributed by atoms with Gasteiger partial charge in [-0.1, -0.05) is 30.3 Å². The second-order valence-electron chi connectivity index (χ2n) is 3.81. The van der Waals surface area contributed by atoms with Gasteiger partial charge in [-0.3, -0.25) is 4.79 Å². The largest absolute Gasteiger partial charge is 0.465 e. The molecule has 0 aliphatic rings. The van der Waals surface area contributed by atoms with Crippen LogP contribution in [0.1, 0.15) is 20.7 Å².